The maximum absolute atomic E-state index is 13.2. The number of amides is 2. The minimum atomic E-state index is 0.0545. The summed E-state index contributed by atoms with van der Waals surface area (Å²) >= 11 is 0. The first-order valence-electron chi connectivity index (χ1n) is 12.1. The van der Waals surface area contributed by atoms with Crippen LogP contribution in [0.4, 0.5) is 0 Å². The van der Waals surface area contributed by atoms with Gasteiger partial charge in [0.25, 0.3) is 5.91 Å². The molecule has 1 saturated carbocycles. The molecule has 3 fully saturated rings. The topological polar surface area (TPSA) is 56.8 Å². The van der Waals surface area contributed by atoms with E-state index in [1.54, 1.807) is 18.5 Å². The number of nitrogens with zero attached hydrogens (tertiary/aromatic N) is 4. The van der Waals surface area contributed by atoms with Crippen LogP contribution in [0, 0.1) is 11.3 Å². The van der Waals surface area contributed by atoms with Crippen molar-refractivity contribution in [3.63, 3.8) is 0 Å². The molecule has 2 aliphatic heterocycles. The number of piperidine rings is 1. The van der Waals surface area contributed by atoms with Gasteiger partial charge in [-0.3, -0.25) is 19.5 Å². The Kier molecular flexibility index (Phi) is 6.27. The van der Waals surface area contributed by atoms with Crippen molar-refractivity contribution in [3.05, 3.63) is 72.1 Å². The van der Waals surface area contributed by atoms with Crippen molar-refractivity contribution in [1.82, 2.24) is 19.7 Å². The first kappa shape index (κ1) is 21.8. The largest absolute Gasteiger partial charge is 0.340 e. The van der Waals surface area contributed by atoms with E-state index < -0.39 is 0 Å². The van der Waals surface area contributed by atoms with E-state index in [0.29, 0.717) is 11.5 Å². The minimum Gasteiger partial charge on any atom is -0.340 e. The normalized spacial score (nSPS) is 22.6. The number of likely N-dealkylation sites (tertiary alicyclic amines) is 1. The number of piperazine rings is 1. The maximum Gasteiger partial charge on any atom is 0.255 e. The highest BCUT2D eigenvalue weighted by molar-refractivity contribution is 5.94. The van der Waals surface area contributed by atoms with Gasteiger partial charge in [0.15, 0.2) is 0 Å². The van der Waals surface area contributed by atoms with Crippen LogP contribution in [-0.2, 0) is 4.79 Å². The van der Waals surface area contributed by atoms with E-state index in [1.807, 2.05) is 17.0 Å². The highest BCUT2D eigenvalue weighted by Gasteiger charge is 2.59. The lowest BCUT2D eigenvalue weighted by Crippen LogP contribution is -2.49. The van der Waals surface area contributed by atoms with Crippen LogP contribution in [0.5, 0.6) is 0 Å². The van der Waals surface area contributed by atoms with Gasteiger partial charge in [-0.25, -0.2) is 0 Å². The van der Waals surface area contributed by atoms with Crippen molar-refractivity contribution in [1.29, 1.82) is 0 Å². The van der Waals surface area contributed by atoms with E-state index in [1.165, 1.54) is 5.56 Å². The fraction of sp³-hybridized carbons (Fsp3) is 0.444. The second kappa shape index (κ2) is 9.48. The molecule has 1 aliphatic carbocycles. The van der Waals surface area contributed by atoms with Crippen molar-refractivity contribution in [3.8, 4) is 0 Å². The van der Waals surface area contributed by atoms with E-state index in [4.69, 9.17) is 0 Å². The van der Waals surface area contributed by atoms with Gasteiger partial charge in [0, 0.05) is 64.1 Å². The minimum absolute atomic E-state index is 0.0545. The molecular weight excluding hydrogens is 412 g/mol. The predicted octanol–water partition coefficient (Wildman–Crippen LogP) is 3.18. The lowest BCUT2D eigenvalue weighted by atomic mass is 9.90. The van der Waals surface area contributed by atoms with Crippen LogP contribution in [0.3, 0.4) is 0 Å². The second-order valence-electron chi connectivity index (χ2n) is 9.59. The summed E-state index contributed by atoms with van der Waals surface area (Å²) in [5, 5.41) is 0. The molecule has 6 heteroatoms. The molecule has 0 unspecified atom stereocenters. The molecule has 0 radical (unpaired) electrons. The molecule has 2 aromatic rings. The molecule has 1 aromatic carbocycles. The first-order valence-corrected chi connectivity index (χ1v) is 12.1. The van der Waals surface area contributed by atoms with Crippen LogP contribution in [0.1, 0.15) is 35.2 Å². The third kappa shape index (κ3) is 4.86. The van der Waals surface area contributed by atoms with Crippen molar-refractivity contribution in [2.75, 3.05) is 45.8 Å². The Morgan fingerprint density at radius 1 is 0.939 bits per heavy atom. The van der Waals surface area contributed by atoms with Crippen molar-refractivity contribution >= 4 is 17.9 Å². The Balaban J connectivity index is 1.06. The van der Waals surface area contributed by atoms with Gasteiger partial charge in [-0.05, 0) is 42.4 Å². The summed E-state index contributed by atoms with van der Waals surface area (Å²) in [6.45, 7) is 5.88. The van der Waals surface area contributed by atoms with Crippen molar-refractivity contribution < 1.29 is 9.59 Å². The summed E-state index contributed by atoms with van der Waals surface area (Å²) in [5.74, 6) is 0.540. The predicted molar refractivity (Wildman–Crippen MR) is 128 cm³/mol. The van der Waals surface area contributed by atoms with Crippen LogP contribution in [0.15, 0.2) is 60.9 Å². The average molecular weight is 445 g/mol. The van der Waals surface area contributed by atoms with Gasteiger partial charge in [-0.2, -0.15) is 0 Å². The molecule has 172 valence electrons. The molecule has 2 amide bonds. The average Bonchev–Trinajstić information content (AvgIpc) is 3.58. The summed E-state index contributed by atoms with van der Waals surface area (Å²) in [6, 6.07) is 14.0. The summed E-state index contributed by atoms with van der Waals surface area (Å²) in [5.41, 5.74) is 1.99. The van der Waals surface area contributed by atoms with Gasteiger partial charge in [-0.1, -0.05) is 42.5 Å². The zero-order chi connectivity index (χ0) is 22.7. The SMILES string of the molecule is O=C(c1cccnc1)N1CCC2(CC1)C[C@H]2C(=O)N1CCN(C/C=C/c2ccccc2)CC1. The molecule has 5 rings (SSSR count). The van der Waals surface area contributed by atoms with Crippen LogP contribution in [-0.4, -0.2) is 77.3 Å². The number of benzene rings is 1. The van der Waals surface area contributed by atoms with Gasteiger partial charge < -0.3 is 9.80 Å². The number of aromatic nitrogens is 1. The quantitative estimate of drug-likeness (QED) is 0.711. The fourth-order valence-corrected chi connectivity index (χ4v) is 5.35. The molecule has 0 N–H and O–H groups in total. The summed E-state index contributed by atoms with van der Waals surface area (Å²) in [6.07, 6.45) is 10.5. The van der Waals surface area contributed by atoms with Crippen LogP contribution in [0.2, 0.25) is 0 Å². The summed E-state index contributed by atoms with van der Waals surface area (Å²) in [7, 11) is 0. The Bertz CT molecular complexity index is 991. The Morgan fingerprint density at radius 3 is 2.39 bits per heavy atom. The molecule has 33 heavy (non-hydrogen) atoms. The third-order valence-electron chi connectivity index (χ3n) is 7.60. The van der Waals surface area contributed by atoms with Gasteiger partial charge >= 0.3 is 0 Å². The third-order valence-corrected chi connectivity index (χ3v) is 7.60. The molecule has 1 atom stereocenters. The molecule has 6 nitrogen and oxygen atoms in total. The summed E-state index contributed by atoms with van der Waals surface area (Å²) in [4.78, 5) is 36.3. The smallest absolute Gasteiger partial charge is 0.255 e. The first-order chi connectivity index (χ1) is 16.1. The van der Waals surface area contributed by atoms with E-state index in [9.17, 15) is 9.59 Å². The fourth-order valence-electron chi connectivity index (χ4n) is 5.35. The Hall–Kier alpha value is -2.99. The van der Waals surface area contributed by atoms with E-state index >= 15 is 0 Å². The molecule has 3 heterocycles. The zero-order valence-corrected chi connectivity index (χ0v) is 19.1. The number of rotatable bonds is 5. The number of hydrogen-bond donors (Lipinski definition) is 0. The Labute approximate surface area is 195 Å². The van der Waals surface area contributed by atoms with E-state index in [2.05, 4.69) is 51.2 Å². The zero-order valence-electron chi connectivity index (χ0n) is 19.1. The van der Waals surface area contributed by atoms with Crippen molar-refractivity contribution in [2.24, 2.45) is 11.3 Å². The van der Waals surface area contributed by atoms with Gasteiger partial charge in [0.05, 0.1) is 5.56 Å². The molecule has 3 aliphatic rings. The van der Waals surface area contributed by atoms with Crippen molar-refractivity contribution in [2.45, 2.75) is 19.3 Å². The van der Waals surface area contributed by atoms with Gasteiger partial charge in [-0.15, -0.1) is 0 Å². The Morgan fingerprint density at radius 2 is 1.70 bits per heavy atom. The number of hydrogen-bond acceptors (Lipinski definition) is 4. The monoisotopic (exact) mass is 444 g/mol. The van der Waals surface area contributed by atoms with Crippen LogP contribution in [0.25, 0.3) is 6.08 Å². The lowest BCUT2D eigenvalue weighted by Gasteiger charge is -2.36. The van der Waals surface area contributed by atoms with E-state index in [0.717, 1.165) is 65.1 Å². The maximum atomic E-state index is 13.2. The van der Waals surface area contributed by atoms with E-state index in [-0.39, 0.29) is 17.2 Å². The molecule has 1 spiro atoms. The molecular formula is C27H32N4O2. The standard InChI is InChI=1S/C27H32N4O2/c32-25(23-9-4-12-28-21-23)30-14-10-27(11-15-30)20-24(27)26(33)31-18-16-29(17-19-31)13-5-8-22-6-2-1-3-7-22/h1-9,12,21,24H,10-11,13-20H2/b8-5+/t24-/m0/s1. The van der Waals surface area contributed by atoms with Crippen LogP contribution < -0.4 is 0 Å². The van der Waals surface area contributed by atoms with Gasteiger partial charge in [0.2, 0.25) is 5.91 Å². The number of pyridine rings is 1. The highest BCUT2D eigenvalue weighted by atomic mass is 16.2. The number of carbonyl (C=O) groups excluding carboxylic acids is 2. The molecule has 1 aromatic heterocycles. The van der Waals surface area contributed by atoms with Gasteiger partial charge in [0.1, 0.15) is 0 Å². The summed E-state index contributed by atoms with van der Waals surface area (Å²) < 4.78 is 0. The number of carbonyl (C=O) groups is 2. The second-order valence-corrected chi connectivity index (χ2v) is 9.59. The molecule has 2 saturated heterocycles. The van der Waals surface area contributed by atoms with Crippen LogP contribution >= 0.6 is 0 Å². The lowest BCUT2D eigenvalue weighted by molar-refractivity contribution is -0.135. The highest BCUT2D eigenvalue weighted by Crippen LogP contribution is 2.60. The molecule has 0 bridgehead atoms.